The van der Waals surface area contributed by atoms with E-state index in [4.69, 9.17) is 4.52 Å². The topological polar surface area (TPSA) is 67.2 Å². The monoisotopic (exact) mass is 309 g/mol. The van der Waals surface area contributed by atoms with Crippen molar-refractivity contribution in [3.63, 3.8) is 0 Å². The minimum atomic E-state index is -0.356. The van der Waals surface area contributed by atoms with Gasteiger partial charge in [0.1, 0.15) is 5.76 Å². The van der Waals surface area contributed by atoms with Gasteiger partial charge in [-0.1, -0.05) is 21.1 Å². The highest BCUT2D eigenvalue weighted by atomic mass is 79.9. The van der Waals surface area contributed by atoms with Crippen LogP contribution in [-0.2, 0) is 0 Å². The molecule has 0 aliphatic carbocycles. The summed E-state index contributed by atoms with van der Waals surface area (Å²) in [6, 6.07) is 6.85. The number of carbonyl (C=O) groups excluding carboxylic acids is 1. The third-order valence-corrected chi connectivity index (χ3v) is 3.18. The summed E-state index contributed by atoms with van der Waals surface area (Å²) in [5.74, 6) is 1.03. The Balaban J connectivity index is 2.00. The Morgan fingerprint density at radius 1 is 1.28 bits per heavy atom. The van der Waals surface area contributed by atoms with Gasteiger partial charge in [0, 0.05) is 16.2 Å². The number of hydrogen-bond acceptors (Lipinski definition) is 3. The summed E-state index contributed by atoms with van der Waals surface area (Å²) in [7, 11) is 0. The fraction of sp³-hybridized carbons (Fsp3) is 0.167. The van der Waals surface area contributed by atoms with E-state index in [1.54, 1.807) is 13.0 Å². The molecule has 5 nitrogen and oxygen atoms in total. The zero-order valence-electron chi connectivity index (χ0n) is 9.95. The van der Waals surface area contributed by atoms with Crippen molar-refractivity contribution in [3.05, 3.63) is 40.1 Å². The molecule has 0 aliphatic rings. The molecule has 6 heteroatoms. The maximum absolute atomic E-state index is 11.7. The van der Waals surface area contributed by atoms with Crippen molar-refractivity contribution in [1.29, 1.82) is 0 Å². The predicted octanol–water partition coefficient (Wildman–Crippen LogP) is 3.70. The van der Waals surface area contributed by atoms with Gasteiger partial charge in [0.2, 0.25) is 0 Å². The third-order valence-electron chi connectivity index (χ3n) is 2.29. The maximum Gasteiger partial charge on any atom is 0.324 e. The van der Waals surface area contributed by atoms with E-state index in [2.05, 4.69) is 31.7 Å². The number of nitrogens with one attached hydrogen (secondary N) is 2. The summed E-state index contributed by atoms with van der Waals surface area (Å²) in [5.41, 5.74) is 1.76. The van der Waals surface area contributed by atoms with Crippen molar-refractivity contribution >= 4 is 33.5 Å². The molecule has 2 rings (SSSR count). The highest BCUT2D eigenvalue weighted by molar-refractivity contribution is 9.10. The summed E-state index contributed by atoms with van der Waals surface area (Å²) in [5, 5.41) is 8.97. The average Bonchev–Trinajstić information content (AvgIpc) is 2.69. The van der Waals surface area contributed by atoms with E-state index in [9.17, 15) is 4.79 Å². The number of amides is 2. The summed E-state index contributed by atoms with van der Waals surface area (Å²) >= 11 is 3.40. The van der Waals surface area contributed by atoms with Gasteiger partial charge in [-0.25, -0.2) is 4.79 Å². The van der Waals surface area contributed by atoms with Gasteiger partial charge in [0.05, 0.1) is 0 Å². The first-order valence-corrected chi connectivity index (χ1v) is 6.11. The number of aromatic nitrogens is 1. The molecule has 0 atom stereocenters. The second-order valence-electron chi connectivity index (χ2n) is 3.87. The first-order chi connectivity index (χ1) is 8.54. The van der Waals surface area contributed by atoms with Crippen LogP contribution >= 0.6 is 15.9 Å². The highest BCUT2D eigenvalue weighted by Gasteiger charge is 2.06. The SMILES string of the molecule is Cc1cc(NC(=O)Nc2ccc(Br)c(C)c2)no1. The molecule has 1 aromatic heterocycles. The first-order valence-electron chi connectivity index (χ1n) is 5.32. The molecule has 0 unspecified atom stereocenters. The van der Waals surface area contributed by atoms with Gasteiger partial charge < -0.3 is 9.84 Å². The van der Waals surface area contributed by atoms with Crippen molar-refractivity contribution in [2.75, 3.05) is 10.6 Å². The summed E-state index contributed by atoms with van der Waals surface area (Å²) in [4.78, 5) is 11.7. The second kappa shape index (κ2) is 5.22. The van der Waals surface area contributed by atoms with Crippen LogP contribution in [0.1, 0.15) is 11.3 Å². The van der Waals surface area contributed by atoms with Gasteiger partial charge in [-0.2, -0.15) is 0 Å². The standard InChI is InChI=1S/C12H12BrN3O2/c1-7-5-9(3-4-10(7)13)14-12(17)15-11-6-8(2)18-16-11/h3-6H,1-2H3,(H2,14,15,16,17). The van der Waals surface area contributed by atoms with E-state index in [-0.39, 0.29) is 6.03 Å². The quantitative estimate of drug-likeness (QED) is 0.889. The lowest BCUT2D eigenvalue weighted by Crippen LogP contribution is -2.19. The van der Waals surface area contributed by atoms with Crippen LogP contribution in [0.4, 0.5) is 16.3 Å². The minimum Gasteiger partial charge on any atom is -0.360 e. The van der Waals surface area contributed by atoms with Crippen LogP contribution in [0.2, 0.25) is 0 Å². The average molecular weight is 310 g/mol. The van der Waals surface area contributed by atoms with Crippen LogP contribution in [0.25, 0.3) is 0 Å². The van der Waals surface area contributed by atoms with Crippen molar-refractivity contribution < 1.29 is 9.32 Å². The number of urea groups is 1. The minimum absolute atomic E-state index is 0.356. The Morgan fingerprint density at radius 2 is 2.06 bits per heavy atom. The molecule has 2 N–H and O–H groups in total. The molecule has 0 fully saturated rings. The number of halogens is 1. The molecule has 0 saturated carbocycles. The Bertz CT molecular complexity index is 580. The zero-order valence-corrected chi connectivity index (χ0v) is 11.5. The van der Waals surface area contributed by atoms with Crippen molar-refractivity contribution in [1.82, 2.24) is 5.16 Å². The predicted molar refractivity (Wildman–Crippen MR) is 72.8 cm³/mol. The first kappa shape index (κ1) is 12.6. The van der Waals surface area contributed by atoms with Crippen molar-refractivity contribution in [2.45, 2.75) is 13.8 Å². The fourth-order valence-corrected chi connectivity index (χ4v) is 1.67. The number of benzene rings is 1. The fourth-order valence-electron chi connectivity index (χ4n) is 1.43. The largest absolute Gasteiger partial charge is 0.360 e. The van der Waals surface area contributed by atoms with Gasteiger partial charge in [-0.3, -0.25) is 5.32 Å². The summed E-state index contributed by atoms with van der Waals surface area (Å²) in [6.45, 7) is 3.71. The molecular weight excluding hydrogens is 298 g/mol. The van der Waals surface area contributed by atoms with Gasteiger partial charge in [0.15, 0.2) is 5.82 Å². The van der Waals surface area contributed by atoms with Crippen molar-refractivity contribution in [3.8, 4) is 0 Å². The van der Waals surface area contributed by atoms with Crippen LogP contribution in [0.3, 0.4) is 0 Å². The van der Waals surface area contributed by atoms with Gasteiger partial charge in [0.25, 0.3) is 0 Å². The molecular formula is C12H12BrN3O2. The lowest BCUT2D eigenvalue weighted by molar-refractivity contribution is 0.262. The van der Waals surface area contributed by atoms with Gasteiger partial charge >= 0.3 is 6.03 Å². The molecule has 0 radical (unpaired) electrons. The van der Waals surface area contributed by atoms with E-state index >= 15 is 0 Å². The van der Waals surface area contributed by atoms with E-state index in [0.717, 1.165) is 10.0 Å². The molecule has 94 valence electrons. The molecule has 2 aromatic rings. The summed E-state index contributed by atoms with van der Waals surface area (Å²) < 4.78 is 5.85. The molecule has 2 amide bonds. The van der Waals surface area contributed by atoms with Gasteiger partial charge in [-0.15, -0.1) is 0 Å². The van der Waals surface area contributed by atoms with E-state index in [0.29, 0.717) is 17.3 Å². The number of anilines is 2. The molecule has 0 saturated heterocycles. The Morgan fingerprint density at radius 3 is 2.67 bits per heavy atom. The van der Waals surface area contributed by atoms with Crippen molar-refractivity contribution in [2.24, 2.45) is 0 Å². The van der Waals surface area contributed by atoms with Crippen LogP contribution in [-0.4, -0.2) is 11.2 Å². The molecule has 1 aromatic carbocycles. The zero-order chi connectivity index (χ0) is 13.1. The molecule has 1 heterocycles. The number of carbonyl (C=O) groups is 1. The number of hydrogen-bond donors (Lipinski definition) is 2. The molecule has 0 bridgehead atoms. The lowest BCUT2D eigenvalue weighted by atomic mass is 10.2. The summed E-state index contributed by atoms with van der Waals surface area (Å²) in [6.07, 6.45) is 0. The van der Waals surface area contributed by atoms with Crippen LogP contribution in [0, 0.1) is 13.8 Å². The second-order valence-corrected chi connectivity index (χ2v) is 4.72. The number of nitrogens with zero attached hydrogens (tertiary/aromatic N) is 1. The van der Waals surface area contributed by atoms with Crippen LogP contribution < -0.4 is 10.6 Å². The molecule has 0 aliphatic heterocycles. The Hall–Kier alpha value is -1.82. The Labute approximate surface area is 113 Å². The van der Waals surface area contributed by atoms with Gasteiger partial charge in [-0.05, 0) is 37.6 Å². The van der Waals surface area contributed by atoms with E-state index in [1.807, 2.05) is 25.1 Å². The molecule has 0 spiro atoms. The maximum atomic E-state index is 11.7. The Kier molecular flexibility index (Phi) is 3.66. The highest BCUT2D eigenvalue weighted by Crippen LogP contribution is 2.20. The van der Waals surface area contributed by atoms with E-state index < -0.39 is 0 Å². The normalized spacial score (nSPS) is 10.2. The number of aryl methyl sites for hydroxylation is 2. The third kappa shape index (κ3) is 3.10. The van der Waals surface area contributed by atoms with E-state index in [1.165, 1.54) is 0 Å². The van der Waals surface area contributed by atoms with Crippen LogP contribution in [0.5, 0.6) is 0 Å². The molecule has 18 heavy (non-hydrogen) atoms. The lowest BCUT2D eigenvalue weighted by Gasteiger charge is -2.06. The number of rotatable bonds is 2. The smallest absolute Gasteiger partial charge is 0.324 e. The van der Waals surface area contributed by atoms with Crippen LogP contribution in [0.15, 0.2) is 33.3 Å².